The second-order valence-electron chi connectivity index (χ2n) is 4.70. The molecule has 1 aromatic carbocycles. The van der Waals surface area contributed by atoms with Crippen molar-refractivity contribution in [2.75, 3.05) is 6.54 Å². The van der Waals surface area contributed by atoms with E-state index in [9.17, 15) is 0 Å². The second kappa shape index (κ2) is 5.55. The van der Waals surface area contributed by atoms with E-state index in [1.54, 1.807) is 11.3 Å². The Hall–Kier alpha value is -1.65. The third-order valence-electron chi connectivity index (χ3n) is 3.41. The molecule has 0 radical (unpaired) electrons. The Morgan fingerprint density at radius 1 is 1.37 bits per heavy atom. The number of aromatic amines is 1. The maximum atomic E-state index is 4.33. The number of para-hydroxylation sites is 1. The molecule has 4 heteroatoms. The summed E-state index contributed by atoms with van der Waals surface area (Å²) in [6, 6.07) is 8.75. The fourth-order valence-corrected chi connectivity index (χ4v) is 2.95. The van der Waals surface area contributed by atoms with Crippen molar-refractivity contribution in [1.29, 1.82) is 0 Å². The van der Waals surface area contributed by atoms with Crippen LogP contribution in [0.25, 0.3) is 10.9 Å². The van der Waals surface area contributed by atoms with Crippen LogP contribution in [0.4, 0.5) is 0 Å². The molecule has 2 N–H and O–H groups in total. The van der Waals surface area contributed by atoms with Crippen LogP contribution in [0.3, 0.4) is 0 Å². The first-order valence-corrected chi connectivity index (χ1v) is 7.45. The summed E-state index contributed by atoms with van der Waals surface area (Å²) in [7, 11) is 0. The van der Waals surface area contributed by atoms with E-state index in [2.05, 4.69) is 58.1 Å². The molecule has 98 valence electrons. The summed E-state index contributed by atoms with van der Waals surface area (Å²) in [6.07, 6.45) is 3.14. The van der Waals surface area contributed by atoms with Crippen LogP contribution in [0.2, 0.25) is 0 Å². The van der Waals surface area contributed by atoms with Gasteiger partial charge in [-0.1, -0.05) is 18.2 Å². The topological polar surface area (TPSA) is 40.7 Å². The van der Waals surface area contributed by atoms with Gasteiger partial charge < -0.3 is 10.3 Å². The standard InChI is InChI=1S/C15H17N3S/c1-11(15-9-19-10-18-15)16-7-6-12-8-17-14-5-3-2-4-13(12)14/h2-5,8-11,16-17H,6-7H2,1H3. The van der Waals surface area contributed by atoms with E-state index in [1.165, 1.54) is 16.5 Å². The van der Waals surface area contributed by atoms with Crippen molar-refractivity contribution >= 4 is 22.2 Å². The average Bonchev–Trinajstić information content (AvgIpc) is 3.08. The highest BCUT2D eigenvalue weighted by Gasteiger charge is 2.07. The van der Waals surface area contributed by atoms with Crippen molar-refractivity contribution in [2.24, 2.45) is 0 Å². The number of fused-ring (bicyclic) bond motifs is 1. The maximum Gasteiger partial charge on any atom is 0.0795 e. The van der Waals surface area contributed by atoms with Crippen molar-refractivity contribution in [3.05, 3.63) is 52.6 Å². The predicted octanol–water partition coefficient (Wildman–Crippen LogP) is 3.52. The molecule has 19 heavy (non-hydrogen) atoms. The number of benzene rings is 1. The molecule has 3 nitrogen and oxygen atoms in total. The molecule has 0 aliphatic rings. The molecule has 0 bridgehead atoms. The Morgan fingerprint density at radius 3 is 3.11 bits per heavy atom. The lowest BCUT2D eigenvalue weighted by Crippen LogP contribution is -2.21. The Kier molecular flexibility index (Phi) is 3.62. The molecule has 0 fully saturated rings. The van der Waals surface area contributed by atoms with Crippen LogP contribution in [0.5, 0.6) is 0 Å². The van der Waals surface area contributed by atoms with Crippen molar-refractivity contribution in [2.45, 2.75) is 19.4 Å². The smallest absolute Gasteiger partial charge is 0.0795 e. The molecule has 1 unspecified atom stereocenters. The van der Waals surface area contributed by atoms with E-state index >= 15 is 0 Å². The first-order chi connectivity index (χ1) is 9.34. The number of nitrogens with zero attached hydrogens (tertiary/aromatic N) is 1. The van der Waals surface area contributed by atoms with Crippen molar-refractivity contribution in [1.82, 2.24) is 15.3 Å². The maximum absolute atomic E-state index is 4.33. The monoisotopic (exact) mass is 271 g/mol. The molecule has 0 amide bonds. The summed E-state index contributed by atoms with van der Waals surface area (Å²) in [5, 5.41) is 6.94. The Balaban J connectivity index is 1.61. The largest absolute Gasteiger partial charge is 0.361 e. The lowest BCUT2D eigenvalue weighted by Gasteiger charge is -2.10. The van der Waals surface area contributed by atoms with Gasteiger partial charge in [-0.2, -0.15) is 0 Å². The van der Waals surface area contributed by atoms with E-state index in [1.807, 2.05) is 5.51 Å². The highest BCUT2D eigenvalue weighted by atomic mass is 32.1. The first kappa shape index (κ1) is 12.4. The summed E-state index contributed by atoms with van der Waals surface area (Å²) in [5.41, 5.74) is 5.59. The summed E-state index contributed by atoms with van der Waals surface area (Å²) in [6.45, 7) is 3.12. The molecule has 3 aromatic rings. The van der Waals surface area contributed by atoms with Crippen LogP contribution in [-0.2, 0) is 6.42 Å². The number of nitrogens with one attached hydrogen (secondary N) is 2. The number of rotatable bonds is 5. The molecular weight excluding hydrogens is 254 g/mol. The molecular formula is C15H17N3S. The number of thiazole rings is 1. The third-order valence-corrected chi connectivity index (χ3v) is 4.02. The molecule has 0 aliphatic heterocycles. The highest BCUT2D eigenvalue weighted by molar-refractivity contribution is 7.07. The minimum Gasteiger partial charge on any atom is -0.361 e. The van der Waals surface area contributed by atoms with Crippen LogP contribution < -0.4 is 5.32 Å². The second-order valence-corrected chi connectivity index (χ2v) is 5.42. The Bertz CT molecular complexity index is 642. The zero-order chi connectivity index (χ0) is 13.1. The fraction of sp³-hybridized carbons (Fsp3) is 0.267. The minimum atomic E-state index is 0.316. The molecule has 0 saturated carbocycles. The molecule has 2 aromatic heterocycles. The molecule has 2 heterocycles. The minimum absolute atomic E-state index is 0.316. The van der Waals surface area contributed by atoms with Crippen molar-refractivity contribution in [3.63, 3.8) is 0 Å². The van der Waals surface area contributed by atoms with Gasteiger partial charge in [-0.25, -0.2) is 4.98 Å². The van der Waals surface area contributed by atoms with Gasteiger partial charge in [0.15, 0.2) is 0 Å². The zero-order valence-electron chi connectivity index (χ0n) is 10.9. The van der Waals surface area contributed by atoms with Gasteiger partial charge in [0.25, 0.3) is 0 Å². The van der Waals surface area contributed by atoms with Gasteiger partial charge in [0.1, 0.15) is 0 Å². The summed E-state index contributed by atoms with van der Waals surface area (Å²) < 4.78 is 0. The third kappa shape index (κ3) is 2.69. The van der Waals surface area contributed by atoms with E-state index in [4.69, 9.17) is 0 Å². The SMILES string of the molecule is CC(NCCc1c[nH]c2ccccc12)c1cscn1. The first-order valence-electron chi connectivity index (χ1n) is 6.51. The highest BCUT2D eigenvalue weighted by Crippen LogP contribution is 2.18. The van der Waals surface area contributed by atoms with E-state index in [0.717, 1.165) is 18.7 Å². The Morgan fingerprint density at radius 2 is 2.26 bits per heavy atom. The number of hydrogen-bond acceptors (Lipinski definition) is 3. The van der Waals surface area contributed by atoms with Gasteiger partial charge in [0.2, 0.25) is 0 Å². The summed E-state index contributed by atoms with van der Waals surface area (Å²) >= 11 is 1.64. The van der Waals surface area contributed by atoms with Crippen LogP contribution in [0.1, 0.15) is 24.2 Å². The molecule has 0 spiro atoms. The van der Waals surface area contributed by atoms with E-state index < -0.39 is 0 Å². The lowest BCUT2D eigenvalue weighted by atomic mass is 10.1. The number of hydrogen-bond donors (Lipinski definition) is 2. The van der Waals surface area contributed by atoms with Gasteiger partial charge in [0.05, 0.1) is 11.2 Å². The van der Waals surface area contributed by atoms with Crippen molar-refractivity contribution < 1.29 is 0 Å². The molecule has 0 aliphatic carbocycles. The summed E-state index contributed by atoms with van der Waals surface area (Å²) in [4.78, 5) is 7.65. The molecule has 3 rings (SSSR count). The van der Waals surface area contributed by atoms with Gasteiger partial charge in [0, 0.05) is 28.5 Å². The normalized spacial score (nSPS) is 12.9. The van der Waals surface area contributed by atoms with Gasteiger partial charge in [-0.3, -0.25) is 0 Å². The number of H-pyrrole nitrogens is 1. The van der Waals surface area contributed by atoms with Gasteiger partial charge >= 0.3 is 0 Å². The van der Waals surface area contributed by atoms with Crippen LogP contribution in [0.15, 0.2) is 41.4 Å². The van der Waals surface area contributed by atoms with Crippen LogP contribution in [-0.4, -0.2) is 16.5 Å². The number of aromatic nitrogens is 2. The Labute approximate surface area is 116 Å². The van der Waals surface area contributed by atoms with E-state index in [0.29, 0.717) is 6.04 Å². The van der Waals surface area contributed by atoms with Crippen LogP contribution >= 0.6 is 11.3 Å². The zero-order valence-corrected chi connectivity index (χ0v) is 11.7. The van der Waals surface area contributed by atoms with Crippen LogP contribution in [0, 0.1) is 0 Å². The molecule has 1 atom stereocenters. The molecule has 0 saturated heterocycles. The summed E-state index contributed by atoms with van der Waals surface area (Å²) in [5.74, 6) is 0. The van der Waals surface area contributed by atoms with Crippen molar-refractivity contribution in [3.8, 4) is 0 Å². The lowest BCUT2D eigenvalue weighted by molar-refractivity contribution is 0.567. The average molecular weight is 271 g/mol. The van der Waals surface area contributed by atoms with E-state index in [-0.39, 0.29) is 0 Å². The predicted molar refractivity (Wildman–Crippen MR) is 80.5 cm³/mol. The fourth-order valence-electron chi connectivity index (χ4n) is 2.30. The quantitative estimate of drug-likeness (QED) is 0.745. The van der Waals surface area contributed by atoms with Gasteiger partial charge in [-0.15, -0.1) is 11.3 Å². The van der Waals surface area contributed by atoms with Gasteiger partial charge in [-0.05, 0) is 31.5 Å².